The smallest absolute Gasteiger partial charge is 0.328 e. The van der Waals surface area contributed by atoms with E-state index < -0.39 is 24.0 Å². The van der Waals surface area contributed by atoms with Crippen LogP contribution in [0.3, 0.4) is 0 Å². The number of nitrogens with one attached hydrogen (secondary N) is 3. The molecule has 154 valence electrons. The fourth-order valence-electron chi connectivity index (χ4n) is 2.56. The quantitative estimate of drug-likeness (QED) is 0.461. The van der Waals surface area contributed by atoms with Crippen LogP contribution in [0.5, 0.6) is 0 Å². The van der Waals surface area contributed by atoms with Crippen molar-refractivity contribution in [3.63, 3.8) is 0 Å². The van der Waals surface area contributed by atoms with E-state index in [1.807, 2.05) is 32.0 Å². The first-order valence-corrected chi connectivity index (χ1v) is 9.10. The van der Waals surface area contributed by atoms with E-state index in [-0.39, 0.29) is 18.0 Å². The zero-order valence-electron chi connectivity index (χ0n) is 16.5. The van der Waals surface area contributed by atoms with Crippen molar-refractivity contribution >= 4 is 29.2 Å². The van der Waals surface area contributed by atoms with Gasteiger partial charge in [0.15, 0.2) is 6.04 Å². The second-order valence-corrected chi connectivity index (χ2v) is 6.81. The van der Waals surface area contributed by atoms with Gasteiger partial charge in [-0.15, -0.1) is 0 Å². The zero-order chi connectivity index (χ0) is 21.6. The SMILES string of the molecule is Cc1ccc(NCC(=O)Nc2ccc(C(=O)NC(C(=O)O)C(C)O)cc2)cc1C. The highest BCUT2D eigenvalue weighted by molar-refractivity contribution is 5.98. The number of aliphatic carboxylic acids is 1. The lowest BCUT2D eigenvalue weighted by molar-refractivity contribution is -0.141. The van der Waals surface area contributed by atoms with Crippen LogP contribution in [0.2, 0.25) is 0 Å². The van der Waals surface area contributed by atoms with E-state index >= 15 is 0 Å². The maximum atomic E-state index is 12.1. The standard InChI is InChI=1S/C21H25N3O5/c1-12-4-7-17(10-13(12)2)22-11-18(26)23-16-8-5-15(6-9-16)20(27)24-19(14(3)25)21(28)29/h4-10,14,19,22,25H,11H2,1-3H3,(H,23,26)(H,24,27)(H,28,29). The molecule has 0 saturated carbocycles. The molecule has 2 atom stereocenters. The maximum absolute atomic E-state index is 12.1. The number of aliphatic hydroxyl groups excluding tert-OH is 1. The number of benzene rings is 2. The minimum atomic E-state index is -1.40. The number of hydrogen-bond donors (Lipinski definition) is 5. The summed E-state index contributed by atoms with van der Waals surface area (Å²) in [6.07, 6.45) is -1.24. The lowest BCUT2D eigenvalue weighted by Crippen LogP contribution is -2.47. The van der Waals surface area contributed by atoms with Crippen LogP contribution in [0, 0.1) is 13.8 Å². The fourth-order valence-corrected chi connectivity index (χ4v) is 2.56. The van der Waals surface area contributed by atoms with Crippen LogP contribution in [0.25, 0.3) is 0 Å². The first-order valence-electron chi connectivity index (χ1n) is 9.10. The molecule has 2 aromatic rings. The Labute approximate surface area is 168 Å². The van der Waals surface area contributed by atoms with Crippen LogP contribution >= 0.6 is 0 Å². The second kappa shape index (κ2) is 9.70. The summed E-state index contributed by atoms with van der Waals surface area (Å²) in [5.41, 5.74) is 3.86. The van der Waals surface area contributed by atoms with Crippen LogP contribution in [0.4, 0.5) is 11.4 Å². The Balaban J connectivity index is 1.90. The third-order valence-electron chi connectivity index (χ3n) is 4.43. The van der Waals surface area contributed by atoms with Gasteiger partial charge in [-0.25, -0.2) is 4.79 Å². The molecule has 29 heavy (non-hydrogen) atoms. The molecule has 2 amide bonds. The topological polar surface area (TPSA) is 128 Å². The first kappa shape index (κ1) is 21.9. The van der Waals surface area contributed by atoms with E-state index in [9.17, 15) is 19.5 Å². The summed E-state index contributed by atoms with van der Waals surface area (Å²) in [5.74, 6) is -2.21. The lowest BCUT2D eigenvalue weighted by atomic mass is 10.1. The predicted octanol–water partition coefficient (Wildman–Crippen LogP) is 1.92. The molecule has 8 nitrogen and oxygen atoms in total. The van der Waals surface area contributed by atoms with Gasteiger partial charge in [0.1, 0.15) is 0 Å². The van der Waals surface area contributed by atoms with E-state index in [1.54, 1.807) is 12.1 Å². The van der Waals surface area contributed by atoms with Crippen molar-refractivity contribution in [2.75, 3.05) is 17.2 Å². The Morgan fingerprint density at radius 3 is 2.14 bits per heavy atom. The summed E-state index contributed by atoms with van der Waals surface area (Å²) in [5, 5.41) is 26.5. The first-order chi connectivity index (χ1) is 13.7. The number of amides is 2. The number of carbonyl (C=O) groups is 3. The van der Waals surface area contributed by atoms with Crippen LogP contribution < -0.4 is 16.0 Å². The van der Waals surface area contributed by atoms with Gasteiger partial charge in [0.05, 0.1) is 12.6 Å². The van der Waals surface area contributed by atoms with Crippen molar-refractivity contribution < 1.29 is 24.6 Å². The number of carboxylic acid groups (broad SMARTS) is 1. The highest BCUT2D eigenvalue weighted by Gasteiger charge is 2.25. The normalized spacial score (nSPS) is 12.6. The molecule has 0 aromatic heterocycles. The Kier molecular flexibility index (Phi) is 7.33. The number of carboxylic acids is 1. The Bertz CT molecular complexity index is 894. The van der Waals surface area contributed by atoms with Gasteiger partial charge in [0, 0.05) is 16.9 Å². The number of aryl methyl sites for hydroxylation is 2. The van der Waals surface area contributed by atoms with Gasteiger partial charge in [-0.1, -0.05) is 6.07 Å². The van der Waals surface area contributed by atoms with E-state index in [4.69, 9.17) is 5.11 Å². The molecule has 5 N–H and O–H groups in total. The molecule has 0 aliphatic carbocycles. The van der Waals surface area contributed by atoms with E-state index in [0.717, 1.165) is 11.3 Å². The molecular weight excluding hydrogens is 374 g/mol. The van der Waals surface area contributed by atoms with Gasteiger partial charge >= 0.3 is 5.97 Å². The highest BCUT2D eigenvalue weighted by atomic mass is 16.4. The van der Waals surface area contributed by atoms with E-state index in [2.05, 4.69) is 16.0 Å². The number of aliphatic hydroxyl groups is 1. The van der Waals surface area contributed by atoms with Gasteiger partial charge in [0.2, 0.25) is 5.91 Å². The van der Waals surface area contributed by atoms with Crippen molar-refractivity contribution in [1.29, 1.82) is 0 Å². The molecule has 0 heterocycles. The van der Waals surface area contributed by atoms with Gasteiger partial charge < -0.3 is 26.2 Å². The fraction of sp³-hybridized carbons (Fsp3) is 0.286. The summed E-state index contributed by atoms with van der Waals surface area (Å²) in [7, 11) is 0. The van der Waals surface area contributed by atoms with Crippen LogP contribution in [0.1, 0.15) is 28.4 Å². The molecule has 0 saturated heterocycles. The third kappa shape index (κ3) is 6.32. The molecule has 2 unspecified atom stereocenters. The Morgan fingerprint density at radius 1 is 0.966 bits per heavy atom. The molecular formula is C21H25N3O5. The van der Waals surface area contributed by atoms with Gasteiger partial charge in [-0.3, -0.25) is 9.59 Å². The molecule has 0 aliphatic rings. The molecule has 0 spiro atoms. The zero-order valence-corrected chi connectivity index (χ0v) is 16.5. The molecule has 0 bridgehead atoms. The Morgan fingerprint density at radius 2 is 1.59 bits per heavy atom. The predicted molar refractivity (Wildman–Crippen MR) is 110 cm³/mol. The summed E-state index contributed by atoms with van der Waals surface area (Å²) in [6.45, 7) is 5.38. The third-order valence-corrected chi connectivity index (χ3v) is 4.43. The highest BCUT2D eigenvalue weighted by Crippen LogP contribution is 2.14. The molecule has 0 radical (unpaired) electrons. The molecule has 0 fully saturated rings. The van der Waals surface area contributed by atoms with Gasteiger partial charge in [-0.2, -0.15) is 0 Å². The van der Waals surface area contributed by atoms with Crippen molar-refractivity contribution in [2.24, 2.45) is 0 Å². The van der Waals surface area contributed by atoms with Gasteiger partial charge in [-0.05, 0) is 68.3 Å². The van der Waals surface area contributed by atoms with Crippen LogP contribution in [0.15, 0.2) is 42.5 Å². The molecule has 0 aliphatic heterocycles. The number of anilines is 2. The van der Waals surface area contributed by atoms with Crippen LogP contribution in [-0.4, -0.2) is 46.7 Å². The monoisotopic (exact) mass is 399 g/mol. The number of hydrogen-bond acceptors (Lipinski definition) is 5. The summed E-state index contributed by atoms with van der Waals surface area (Å²) < 4.78 is 0. The molecule has 8 heteroatoms. The minimum absolute atomic E-state index is 0.0828. The lowest BCUT2D eigenvalue weighted by Gasteiger charge is -2.17. The summed E-state index contributed by atoms with van der Waals surface area (Å²) in [6, 6.07) is 10.5. The largest absolute Gasteiger partial charge is 0.480 e. The maximum Gasteiger partial charge on any atom is 0.328 e. The molecule has 2 rings (SSSR count). The van der Waals surface area contributed by atoms with Crippen molar-refractivity contribution in [2.45, 2.75) is 32.9 Å². The summed E-state index contributed by atoms with van der Waals surface area (Å²) in [4.78, 5) is 35.3. The second-order valence-electron chi connectivity index (χ2n) is 6.81. The van der Waals surface area contributed by atoms with Crippen molar-refractivity contribution in [3.05, 3.63) is 59.2 Å². The Hall–Kier alpha value is -3.39. The average Bonchev–Trinajstić information content (AvgIpc) is 2.67. The van der Waals surface area contributed by atoms with E-state index in [1.165, 1.54) is 24.6 Å². The summed E-state index contributed by atoms with van der Waals surface area (Å²) >= 11 is 0. The minimum Gasteiger partial charge on any atom is -0.480 e. The average molecular weight is 399 g/mol. The number of carbonyl (C=O) groups excluding carboxylic acids is 2. The van der Waals surface area contributed by atoms with Crippen molar-refractivity contribution in [3.8, 4) is 0 Å². The number of rotatable bonds is 8. The van der Waals surface area contributed by atoms with E-state index in [0.29, 0.717) is 5.69 Å². The van der Waals surface area contributed by atoms with Crippen LogP contribution in [-0.2, 0) is 9.59 Å². The molecule has 2 aromatic carbocycles. The van der Waals surface area contributed by atoms with Gasteiger partial charge in [0.25, 0.3) is 5.91 Å². The van der Waals surface area contributed by atoms with Crippen molar-refractivity contribution in [1.82, 2.24) is 5.32 Å².